The lowest BCUT2D eigenvalue weighted by Crippen LogP contribution is -2.01. The van der Waals surface area contributed by atoms with Crippen LogP contribution in [0.25, 0.3) is 15.5 Å². The number of fused-ring (bicyclic) bond motifs is 1. The van der Waals surface area contributed by atoms with Gasteiger partial charge in [-0.25, -0.2) is 0 Å². The first-order valence-corrected chi connectivity index (χ1v) is 7.78. The van der Waals surface area contributed by atoms with Crippen molar-refractivity contribution in [2.75, 3.05) is 0 Å². The van der Waals surface area contributed by atoms with Crippen LogP contribution in [0.1, 0.15) is 19.7 Å². The monoisotopic (exact) mass is 326 g/mol. The van der Waals surface area contributed by atoms with Crippen molar-refractivity contribution in [3.8, 4) is 10.6 Å². The lowest BCUT2D eigenvalue weighted by Gasteiger charge is -2.00. The Labute approximate surface area is 130 Å². The van der Waals surface area contributed by atoms with Gasteiger partial charge in [0.25, 0.3) is 0 Å². The standard InChI is InChI=1S/C13H12Cl2N4S/c1-7(2)5-11-16-17-13-19(11)18-12(20-13)8-3-4-9(14)10(15)6-8/h3-4,6-7H,5H2,1-2H3. The highest BCUT2D eigenvalue weighted by molar-refractivity contribution is 7.19. The molecule has 0 aliphatic heterocycles. The zero-order chi connectivity index (χ0) is 14.3. The summed E-state index contributed by atoms with van der Waals surface area (Å²) < 4.78 is 1.81. The number of benzene rings is 1. The minimum Gasteiger partial charge on any atom is -0.187 e. The Morgan fingerprint density at radius 1 is 1.20 bits per heavy atom. The molecule has 20 heavy (non-hydrogen) atoms. The maximum Gasteiger partial charge on any atom is 0.234 e. The summed E-state index contributed by atoms with van der Waals surface area (Å²) in [6, 6.07) is 5.50. The Hall–Kier alpha value is -1.17. The van der Waals surface area contributed by atoms with E-state index in [1.54, 1.807) is 6.07 Å². The summed E-state index contributed by atoms with van der Waals surface area (Å²) in [6.45, 7) is 4.29. The van der Waals surface area contributed by atoms with Gasteiger partial charge in [-0.3, -0.25) is 0 Å². The van der Waals surface area contributed by atoms with E-state index in [-0.39, 0.29) is 0 Å². The van der Waals surface area contributed by atoms with Crippen LogP contribution in [-0.2, 0) is 6.42 Å². The highest BCUT2D eigenvalue weighted by Gasteiger charge is 2.14. The third kappa shape index (κ3) is 2.53. The second-order valence-electron chi connectivity index (χ2n) is 4.94. The Kier molecular flexibility index (Phi) is 3.67. The Morgan fingerprint density at radius 2 is 2.00 bits per heavy atom. The molecule has 0 saturated carbocycles. The van der Waals surface area contributed by atoms with Gasteiger partial charge in [-0.2, -0.15) is 9.61 Å². The first-order valence-electron chi connectivity index (χ1n) is 6.21. The van der Waals surface area contributed by atoms with E-state index in [1.807, 2.05) is 16.6 Å². The van der Waals surface area contributed by atoms with E-state index in [1.165, 1.54) is 11.3 Å². The molecule has 0 aliphatic rings. The topological polar surface area (TPSA) is 43.1 Å². The van der Waals surface area contributed by atoms with Crippen LogP contribution in [0.2, 0.25) is 10.0 Å². The molecule has 0 fully saturated rings. The fourth-order valence-electron chi connectivity index (χ4n) is 1.90. The van der Waals surface area contributed by atoms with Crippen LogP contribution in [0.5, 0.6) is 0 Å². The molecule has 7 heteroatoms. The van der Waals surface area contributed by atoms with Crippen molar-refractivity contribution >= 4 is 39.5 Å². The predicted octanol–water partition coefficient (Wildman–Crippen LogP) is 4.36. The number of hydrogen-bond donors (Lipinski definition) is 0. The van der Waals surface area contributed by atoms with Crippen LogP contribution in [0.15, 0.2) is 18.2 Å². The number of halogens is 2. The largest absolute Gasteiger partial charge is 0.234 e. The van der Waals surface area contributed by atoms with E-state index in [0.717, 1.165) is 27.8 Å². The van der Waals surface area contributed by atoms with Crippen LogP contribution in [0.3, 0.4) is 0 Å². The molecular weight excluding hydrogens is 315 g/mol. The summed E-state index contributed by atoms with van der Waals surface area (Å²) in [5.74, 6) is 1.40. The first kappa shape index (κ1) is 13.8. The molecule has 0 N–H and O–H groups in total. The van der Waals surface area contributed by atoms with Crippen LogP contribution >= 0.6 is 34.5 Å². The van der Waals surface area contributed by atoms with Crippen LogP contribution in [0, 0.1) is 5.92 Å². The molecule has 2 aromatic heterocycles. The Balaban J connectivity index is 2.04. The molecule has 3 rings (SSSR count). The van der Waals surface area contributed by atoms with Crippen molar-refractivity contribution in [2.45, 2.75) is 20.3 Å². The van der Waals surface area contributed by atoms with Crippen molar-refractivity contribution in [2.24, 2.45) is 5.92 Å². The van der Waals surface area contributed by atoms with Crippen molar-refractivity contribution in [3.63, 3.8) is 0 Å². The lowest BCUT2D eigenvalue weighted by atomic mass is 10.1. The minimum absolute atomic E-state index is 0.512. The molecule has 0 spiro atoms. The van der Waals surface area contributed by atoms with Crippen molar-refractivity contribution in [1.29, 1.82) is 0 Å². The molecule has 4 nitrogen and oxygen atoms in total. The van der Waals surface area contributed by atoms with Gasteiger partial charge in [0.1, 0.15) is 5.01 Å². The van der Waals surface area contributed by atoms with E-state index >= 15 is 0 Å². The van der Waals surface area contributed by atoms with Gasteiger partial charge < -0.3 is 0 Å². The van der Waals surface area contributed by atoms with Crippen LogP contribution < -0.4 is 0 Å². The second kappa shape index (κ2) is 5.31. The summed E-state index contributed by atoms with van der Waals surface area (Å²) >= 11 is 13.5. The zero-order valence-electron chi connectivity index (χ0n) is 11.0. The molecule has 0 aliphatic carbocycles. The van der Waals surface area contributed by atoms with Gasteiger partial charge in [0.15, 0.2) is 5.82 Å². The molecular formula is C13H12Cl2N4S. The van der Waals surface area contributed by atoms with Gasteiger partial charge in [-0.1, -0.05) is 54.5 Å². The zero-order valence-corrected chi connectivity index (χ0v) is 13.3. The third-order valence-corrected chi connectivity index (χ3v) is 4.50. The van der Waals surface area contributed by atoms with E-state index < -0.39 is 0 Å². The van der Waals surface area contributed by atoms with E-state index in [2.05, 4.69) is 29.1 Å². The number of hydrogen-bond acceptors (Lipinski definition) is 4. The van der Waals surface area contributed by atoms with Crippen LogP contribution in [0.4, 0.5) is 0 Å². The highest BCUT2D eigenvalue weighted by atomic mass is 35.5. The van der Waals surface area contributed by atoms with Gasteiger partial charge >= 0.3 is 0 Å². The predicted molar refractivity (Wildman–Crippen MR) is 82.7 cm³/mol. The minimum atomic E-state index is 0.512. The molecule has 0 bridgehead atoms. The number of rotatable bonds is 3. The first-order chi connectivity index (χ1) is 9.54. The average Bonchev–Trinajstić information content (AvgIpc) is 2.94. The molecule has 0 amide bonds. The molecule has 0 saturated heterocycles. The second-order valence-corrected chi connectivity index (χ2v) is 6.72. The van der Waals surface area contributed by atoms with E-state index in [4.69, 9.17) is 23.2 Å². The molecule has 0 unspecified atom stereocenters. The summed E-state index contributed by atoms with van der Waals surface area (Å²) in [5.41, 5.74) is 0.936. The highest BCUT2D eigenvalue weighted by Crippen LogP contribution is 2.31. The van der Waals surface area contributed by atoms with Gasteiger partial charge in [0.2, 0.25) is 4.96 Å². The third-order valence-electron chi connectivity index (χ3n) is 2.81. The quantitative estimate of drug-likeness (QED) is 0.718. The SMILES string of the molecule is CC(C)Cc1nnc2sc(-c3ccc(Cl)c(Cl)c3)nn12. The van der Waals surface area contributed by atoms with Gasteiger partial charge in [0.05, 0.1) is 10.0 Å². The summed E-state index contributed by atoms with van der Waals surface area (Å²) in [4.78, 5) is 0.793. The van der Waals surface area contributed by atoms with Crippen LogP contribution in [-0.4, -0.2) is 19.8 Å². The van der Waals surface area contributed by atoms with Crippen molar-refractivity contribution < 1.29 is 0 Å². The maximum absolute atomic E-state index is 6.05. The van der Waals surface area contributed by atoms with E-state index in [0.29, 0.717) is 16.0 Å². The summed E-state index contributed by atoms with van der Waals surface area (Å²) in [7, 11) is 0. The van der Waals surface area contributed by atoms with Gasteiger partial charge in [-0.05, 0) is 18.1 Å². The number of nitrogens with zero attached hydrogens (tertiary/aromatic N) is 4. The Morgan fingerprint density at radius 3 is 2.70 bits per heavy atom. The van der Waals surface area contributed by atoms with E-state index in [9.17, 15) is 0 Å². The van der Waals surface area contributed by atoms with Crippen molar-refractivity contribution in [3.05, 3.63) is 34.1 Å². The fraction of sp³-hybridized carbons (Fsp3) is 0.308. The van der Waals surface area contributed by atoms with Gasteiger partial charge in [-0.15, -0.1) is 10.2 Å². The molecule has 0 atom stereocenters. The average molecular weight is 327 g/mol. The molecule has 104 valence electrons. The molecule has 1 aromatic carbocycles. The maximum atomic E-state index is 6.05. The Bertz CT molecular complexity index is 763. The van der Waals surface area contributed by atoms with Gasteiger partial charge in [0, 0.05) is 12.0 Å². The normalized spacial score (nSPS) is 11.7. The number of aromatic nitrogens is 4. The smallest absolute Gasteiger partial charge is 0.187 e. The van der Waals surface area contributed by atoms with Crippen molar-refractivity contribution in [1.82, 2.24) is 19.8 Å². The molecule has 2 heterocycles. The fourth-order valence-corrected chi connectivity index (χ4v) is 3.05. The molecule has 3 aromatic rings. The lowest BCUT2D eigenvalue weighted by molar-refractivity contribution is 0.607. The summed E-state index contributed by atoms with van der Waals surface area (Å²) in [5, 5.41) is 14.8. The molecule has 0 radical (unpaired) electrons. The summed E-state index contributed by atoms with van der Waals surface area (Å²) in [6.07, 6.45) is 0.853.